The average Bonchev–Trinajstić information content (AvgIpc) is 2.51. The van der Waals surface area contributed by atoms with Gasteiger partial charge in [-0.15, -0.1) is 0 Å². The van der Waals surface area contributed by atoms with Gasteiger partial charge in [-0.2, -0.15) is 11.8 Å². The first-order valence-corrected chi connectivity index (χ1v) is 8.33. The Bertz CT molecular complexity index is 646. The summed E-state index contributed by atoms with van der Waals surface area (Å²) in [6.07, 6.45) is 3.15. The maximum absolute atomic E-state index is 10.7. The molecule has 2 aromatic rings. The molecule has 1 N–H and O–H groups in total. The third-order valence-electron chi connectivity index (χ3n) is 3.02. The number of rotatable bonds is 7. The number of nitro groups is 1. The molecule has 7 heteroatoms. The highest BCUT2D eigenvalue weighted by atomic mass is 32.2. The van der Waals surface area contributed by atoms with E-state index < -0.39 is 4.92 Å². The molecule has 0 bridgehead atoms. The number of benzene rings is 1. The fourth-order valence-corrected chi connectivity index (χ4v) is 2.39. The summed E-state index contributed by atoms with van der Waals surface area (Å²) in [6.45, 7) is 2.76. The molecule has 0 spiro atoms. The summed E-state index contributed by atoms with van der Waals surface area (Å²) in [7, 11) is 0. The number of anilines is 1. The molecule has 0 aliphatic heterocycles. The predicted octanol–water partition coefficient (Wildman–Crippen LogP) is 3.53. The molecular weight excluding hydrogens is 300 g/mol. The molecule has 0 aliphatic rings. The first kappa shape index (κ1) is 16.2. The Kier molecular flexibility index (Phi) is 5.71. The first-order chi connectivity index (χ1) is 10.6. The maximum atomic E-state index is 10.7. The van der Waals surface area contributed by atoms with Crippen molar-refractivity contribution in [1.29, 1.82) is 0 Å². The topological polar surface area (TPSA) is 81.0 Å². The summed E-state index contributed by atoms with van der Waals surface area (Å²) in [5, 5.41) is 14.0. The summed E-state index contributed by atoms with van der Waals surface area (Å²) < 4.78 is 0. The van der Waals surface area contributed by atoms with Crippen molar-refractivity contribution in [3.8, 4) is 11.4 Å². The normalized spacial score (nSPS) is 10.5. The van der Waals surface area contributed by atoms with E-state index in [1.165, 1.54) is 12.1 Å². The van der Waals surface area contributed by atoms with Crippen LogP contribution in [0.3, 0.4) is 0 Å². The van der Waals surface area contributed by atoms with Crippen LogP contribution >= 0.6 is 11.8 Å². The van der Waals surface area contributed by atoms with Crippen LogP contribution in [0, 0.1) is 17.0 Å². The maximum Gasteiger partial charge on any atom is 0.269 e. The molecule has 0 aliphatic carbocycles. The van der Waals surface area contributed by atoms with E-state index >= 15 is 0 Å². The minimum Gasteiger partial charge on any atom is -0.370 e. The van der Waals surface area contributed by atoms with Crippen molar-refractivity contribution in [1.82, 2.24) is 9.97 Å². The van der Waals surface area contributed by atoms with Gasteiger partial charge < -0.3 is 5.32 Å². The summed E-state index contributed by atoms with van der Waals surface area (Å²) in [5.74, 6) is 2.45. The molecule has 0 saturated heterocycles. The van der Waals surface area contributed by atoms with Gasteiger partial charge in [0.2, 0.25) is 0 Å². The predicted molar refractivity (Wildman–Crippen MR) is 90.3 cm³/mol. The molecular formula is C15H18N4O2S. The zero-order valence-electron chi connectivity index (χ0n) is 12.6. The van der Waals surface area contributed by atoms with Crippen LogP contribution in [-0.4, -0.2) is 33.4 Å². The minimum atomic E-state index is -0.417. The van der Waals surface area contributed by atoms with E-state index in [2.05, 4.69) is 21.5 Å². The highest BCUT2D eigenvalue weighted by molar-refractivity contribution is 7.98. The number of hydrogen-bond donors (Lipinski definition) is 1. The van der Waals surface area contributed by atoms with Crippen molar-refractivity contribution >= 4 is 23.3 Å². The zero-order chi connectivity index (χ0) is 15.9. The van der Waals surface area contributed by atoms with E-state index in [-0.39, 0.29) is 5.69 Å². The second kappa shape index (κ2) is 7.74. The third-order valence-corrected chi connectivity index (χ3v) is 3.72. The molecule has 1 aromatic heterocycles. The highest BCUT2D eigenvalue weighted by Gasteiger charge is 2.08. The van der Waals surface area contributed by atoms with Crippen LogP contribution in [0.5, 0.6) is 0 Å². The SMILES string of the molecule is CSCCCNc1cc(C)nc(-c2ccc([N+](=O)[O-])cc2)n1. The van der Waals surface area contributed by atoms with Crippen LogP contribution in [0.4, 0.5) is 11.5 Å². The van der Waals surface area contributed by atoms with Gasteiger partial charge >= 0.3 is 0 Å². The van der Waals surface area contributed by atoms with Crippen molar-refractivity contribution in [2.24, 2.45) is 0 Å². The zero-order valence-corrected chi connectivity index (χ0v) is 13.4. The first-order valence-electron chi connectivity index (χ1n) is 6.93. The molecule has 6 nitrogen and oxygen atoms in total. The van der Waals surface area contributed by atoms with E-state index in [4.69, 9.17) is 0 Å². The average molecular weight is 318 g/mol. The Labute approximate surface area is 133 Å². The van der Waals surface area contributed by atoms with Crippen molar-refractivity contribution in [3.63, 3.8) is 0 Å². The molecule has 2 rings (SSSR count). The quantitative estimate of drug-likeness (QED) is 0.478. The number of non-ortho nitro benzene ring substituents is 1. The van der Waals surface area contributed by atoms with Gasteiger partial charge in [-0.05, 0) is 37.5 Å². The second-order valence-corrected chi connectivity index (χ2v) is 5.78. The Morgan fingerprint density at radius 1 is 1.27 bits per heavy atom. The second-order valence-electron chi connectivity index (χ2n) is 4.80. The van der Waals surface area contributed by atoms with Crippen LogP contribution in [-0.2, 0) is 0 Å². The van der Waals surface area contributed by atoms with E-state index in [0.717, 1.165) is 35.8 Å². The van der Waals surface area contributed by atoms with Crippen LogP contribution in [0.2, 0.25) is 0 Å². The van der Waals surface area contributed by atoms with Crippen molar-refractivity contribution in [2.45, 2.75) is 13.3 Å². The highest BCUT2D eigenvalue weighted by Crippen LogP contribution is 2.21. The van der Waals surface area contributed by atoms with Gasteiger partial charge in [0, 0.05) is 36.0 Å². The number of nitrogens with zero attached hydrogens (tertiary/aromatic N) is 3. The number of nitro benzene ring substituents is 1. The number of thioether (sulfide) groups is 1. The van der Waals surface area contributed by atoms with Gasteiger partial charge in [0.05, 0.1) is 4.92 Å². The van der Waals surface area contributed by atoms with Gasteiger partial charge in [-0.25, -0.2) is 9.97 Å². The van der Waals surface area contributed by atoms with Gasteiger partial charge in [-0.3, -0.25) is 10.1 Å². The van der Waals surface area contributed by atoms with Gasteiger partial charge in [0.15, 0.2) is 5.82 Å². The number of hydrogen-bond acceptors (Lipinski definition) is 6. The summed E-state index contributed by atoms with van der Waals surface area (Å²) in [4.78, 5) is 19.1. The lowest BCUT2D eigenvalue weighted by atomic mass is 10.2. The Morgan fingerprint density at radius 3 is 2.64 bits per heavy atom. The smallest absolute Gasteiger partial charge is 0.269 e. The molecule has 0 amide bonds. The van der Waals surface area contributed by atoms with Gasteiger partial charge in [0.1, 0.15) is 5.82 Å². The third kappa shape index (κ3) is 4.42. The number of aromatic nitrogens is 2. The molecule has 116 valence electrons. The fourth-order valence-electron chi connectivity index (χ4n) is 1.95. The number of nitrogens with one attached hydrogen (secondary N) is 1. The summed E-state index contributed by atoms with van der Waals surface area (Å²) >= 11 is 1.82. The molecule has 1 heterocycles. The van der Waals surface area contributed by atoms with Crippen LogP contribution in [0.25, 0.3) is 11.4 Å². The van der Waals surface area contributed by atoms with Crippen LogP contribution in [0.15, 0.2) is 30.3 Å². The van der Waals surface area contributed by atoms with Crippen molar-refractivity contribution in [3.05, 3.63) is 46.1 Å². The number of aryl methyl sites for hydroxylation is 1. The molecule has 0 atom stereocenters. The molecule has 0 radical (unpaired) electrons. The molecule has 0 fully saturated rings. The van der Waals surface area contributed by atoms with E-state index in [1.54, 1.807) is 12.1 Å². The summed E-state index contributed by atoms with van der Waals surface area (Å²) in [6, 6.07) is 8.17. The minimum absolute atomic E-state index is 0.0619. The lowest BCUT2D eigenvalue weighted by Crippen LogP contribution is -2.06. The molecule has 0 saturated carbocycles. The van der Waals surface area contributed by atoms with E-state index in [9.17, 15) is 10.1 Å². The Hall–Kier alpha value is -2.15. The fraction of sp³-hybridized carbons (Fsp3) is 0.333. The molecule has 22 heavy (non-hydrogen) atoms. The standard InChI is InChI=1S/C15H18N4O2S/c1-11-10-14(16-8-3-9-22-2)18-15(17-11)12-4-6-13(7-5-12)19(20)21/h4-7,10H,3,8-9H2,1-2H3,(H,16,17,18). The van der Waals surface area contributed by atoms with E-state index in [0.29, 0.717) is 5.82 Å². The summed E-state index contributed by atoms with van der Waals surface area (Å²) in [5.41, 5.74) is 1.68. The van der Waals surface area contributed by atoms with Crippen molar-refractivity contribution in [2.75, 3.05) is 23.9 Å². The van der Waals surface area contributed by atoms with Crippen LogP contribution in [0.1, 0.15) is 12.1 Å². The van der Waals surface area contributed by atoms with Gasteiger partial charge in [-0.1, -0.05) is 0 Å². The monoisotopic (exact) mass is 318 g/mol. The lowest BCUT2D eigenvalue weighted by Gasteiger charge is -2.08. The van der Waals surface area contributed by atoms with Crippen LogP contribution < -0.4 is 5.32 Å². The molecule has 1 aromatic carbocycles. The Morgan fingerprint density at radius 2 is 2.00 bits per heavy atom. The largest absolute Gasteiger partial charge is 0.370 e. The van der Waals surface area contributed by atoms with Gasteiger partial charge in [0.25, 0.3) is 5.69 Å². The molecule has 0 unspecified atom stereocenters. The van der Waals surface area contributed by atoms with E-state index in [1.807, 2.05) is 24.8 Å². The Balaban J connectivity index is 2.16. The lowest BCUT2D eigenvalue weighted by molar-refractivity contribution is -0.384. The van der Waals surface area contributed by atoms with Crippen molar-refractivity contribution < 1.29 is 4.92 Å².